The van der Waals surface area contributed by atoms with Crippen LogP contribution in [0.15, 0.2) is 4.52 Å². The summed E-state index contributed by atoms with van der Waals surface area (Å²) >= 11 is 0. The van der Waals surface area contributed by atoms with Crippen molar-refractivity contribution in [2.75, 3.05) is 19.6 Å². The van der Waals surface area contributed by atoms with E-state index in [0.717, 1.165) is 37.9 Å². The number of hydrogen-bond donors (Lipinski definition) is 1. The average Bonchev–Trinajstić information content (AvgIpc) is 2.85. The summed E-state index contributed by atoms with van der Waals surface area (Å²) in [6.07, 6.45) is 2.51. The van der Waals surface area contributed by atoms with Crippen LogP contribution in [0.5, 0.6) is 0 Å². The first-order valence-corrected chi connectivity index (χ1v) is 7.28. The summed E-state index contributed by atoms with van der Waals surface area (Å²) in [5.41, 5.74) is -0.0747. The Labute approximate surface area is 115 Å². The van der Waals surface area contributed by atoms with Crippen LogP contribution in [0.25, 0.3) is 0 Å². The minimum atomic E-state index is -0.0747. The number of likely N-dealkylation sites (N-methyl/N-ethyl adjacent to an activating group) is 1. The molecule has 1 aliphatic rings. The fourth-order valence-corrected chi connectivity index (χ4v) is 2.45. The van der Waals surface area contributed by atoms with E-state index in [0.29, 0.717) is 6.04 Å². The minimum absolute atomic E-state index is 0.0747. The first-order valence-electron chi connectivity index (χ1n) is 7.28. The molecule has 5 heteroatoms. The van der Waals surface area contributed by atoms with Crippen molar-refractivity contribution in [2.45, 2.75) is 58.5 Å². The molecule has 2 rings (SSSR count). The van der Waals surface area contributed by atoms with E-state index in [1.54, 1.807) is 0 Å². The van der Waals surface area contributed by atoms with Crippen molar-refractivity contribution in [1.82, 2.24) is 20.4 Å². The van der Waals surface area contributed by atoms with Crippen LogP contribution in [-0.2, 0) is 12.0 Å². The number of rotatable bonds is 4. The lowest BCUT2D eigenvalue weighted by Gasteiger charge is -2.32. The van der Waals surface area contributed by atoms with Gasteiger partial charge in [-0.3, -0.25) is 4.90 Å². The van der Waals surface area contributed by atoms with Gasteiger partial charge < -0.3 is 9.84 Å². The molecule has 0 aliphatic carbocycles. The molecular formula is C14H26N4O. The van der Waals surface area contributed by atoms with Gasteiger partial charge in [-0.15, -0.1) is 0 Å². The minimum Gasteiger partial charge on any atom is -0.339 e. The van der Waals surface area contributed by atoms with Crippen LogP contribution in [0.2, 0.25) is 0 Å². The molecule has 108 valence electrons. The highest BCUT2D eigenvalue weighted by Crippen LogP contribution is 2.20. The van der Waals surface area contributed by atoms with Crippen molar-refractivity contribution in [3.8, 4) is 0 Å². The van der Waals surface area contributed by atoms with Crippen LogP contribution >= 0.6 is 0 Å². The van der Waals surface area contributed by atoms with Gasteiger partial charge in [0.05, 0.1) is 6.54 Å². The molecule has 1 N–H and O–H groups in total. The summed E-state index contributed by atoms with van der Waals surface area (Å²) in [4.78, 5) is 6.96. The Morgan fingerprint density at radius 2 is 2.21 bits per heavy atom. The lowest BCUT2D eigenvalue weighted by atomic mass is 9.97. The molecule has 0 radical (unpaired) electrons. The van der Waals surface area contributed by atoms with Crippen molar-refractivity contribution >= 4 is 0 Å². The monoisotopic (exact) mass is 266 g/mol. The van der Waals surface area contributed by atoms with E-state index >= 15 is 0 Å². The maximum absolute atomic E-state index is 5.36. The van der Waals surface area contributed by atoms with Crippen LogP contribution < -0.4 is 5.32 Å². The van der Waals surface area contributed by atoms with Gasteiger partial charge >= 0.3 is 0 Å². The van der Waals surface area contributed by atoms with Gasteiger partial charge in [-0.25, -0.2) is 0 Å². The Balaban J connectivity index is 1.99. The van der Waals surface area contributed by atoms with Crippen LogP contribution in [0, 0.1) is 0 Å². The molecule has 0 saturated carbocycles. The predicted molar refractivity (Wildman–Crippen MR) is 75.0 cm³/mol. The summed E-state index contributed by atoms with van der Waals surface area (Å²) in [5.74, 6) is 1.53. The van der Waals surface area contributed by atoms with E-state index in [2.05, 4.69) is 48.1 Å². The maximum Gasteiger partial charge on any atom is 0.232 e. The van der Waals surface area contributed by atoms with E-state index in [1.165, 1.54) is 12.8 Å². The van der Waals surface area contributed by atoms with Gasteiger partial charge in [-0.1, -0.05) is 32.9 Å². The van der Waals surface area contributed by atoms with Gasteiger partial charge in [-0.2, -0.15) is 4.98 Å². The Kier molecular flexibility index (Phi) is 4.58. The molecule has 0 aromatic carbocycles. The first kappa shape index (κ1) is 14.5. The molecular weight excluding hydrogens is 240 g/mol. The molecule has 0 spiro atoms. The Morgan fingerprint density at radius 3 is 2.74 bits per heavy atom. The van der Waals surface area contributed by atoms with E-state index in [-0.39, 0.29) is 5.41 Å². The zero-order chi connectivity index (χ0) is 13.9. The van der Waals surface area contributed by atoms with Gasteiger partial charge in [0.1, 0.15) is 0 Å². The third-order valence-corrected chi connectivity index (χ3v) is 3.65. The van der Waals surface area contributed by atoms with E-state index in [1.807, 2.05) is 0 Å². The van der Waals surface area contributed by atoms with Crippen molar-refractivity contribution in [3.63, 3.8) is 0 Å². The molecule has 1 aromatic heterocycles. The van der Waals surface area contributed by atoms with E-state index in [9.17, 15) is 0 Å². The second-order valence-electron chi connectivity index (χ2n) is 6.33. The third-order valence-electron chi connectivity index (χ3n) is 3.65. The van der Waals surface area contributed by atoms with Crippen LogP contribution in [-0.4, -0.2) is 40.7 Å². The van der Waals surface area contributed by atoms with E-state index in [4.69, 9.17) is 4.52 Å². The molecule has 1 unspecified atom stereocenters. The van der Waals surface area contributed by atoms with Gasteiger partial charge in [0.15, 0.2) is 5.82 Å². The molecule has 5 nitrogen and oxygen atoms in total. The van der Waals surface area contributed by atoms with Crippen molar-refractivity contribution in [1.29, 1.82) is 0 Å². The number of nitrogens with zero attached hydrogens (tertiary/aromatic N) is 3. The standard InChI is InChI=1S/C14H26N4O/c1-5-18(11-7-6-8-15-9-11)10-12-16-13(19-17-12)14(2,3)4/h11,15H,5-10H2,1-4H3. The van der Waals surface area contributed by atoms with Gasteiger partial charge in [0, 0.05) is 18.0 Å². The third kappa shape index (κ3) is 3.76. The molecule has 0 amide bonds. The summed E-state index contributed by atoms with van der Waals surface area (Å²) in [6.45, 7) is 12.5. The Hall–Kier alpha value is -0.940. The SMILES string of the molecule is CCN(Cc1noc(C(C)(C)C)n1)C1CCCNC1. The Morgan fingerprint density at radius 1 is 1.42 bits per heavy atom. The topological polar surface area (TPSA) is 54.2 Å². The molecule has 0 bridgehead atoms. The quantitative estimate of drug-likeness (QED) is 0.902. The van der Waals surface area contributed by atoms with Gasteiger partial charge in [0.25, 0.3) is 0 Å². The fourth-order valence-electron chi connectivity index (χ4n) is 2.45. The molecule has 1 fully saturated rings. The normalized spacial score (nSPS) is 21.0. The molecule has 1 aromatic rings. The second-order valence-corrected chi connectivity index (χ2v) is 6.33. The number of piperidine rings is 1. The summed E-state index contributed by atoms with van der Waals surface area (Å²) in [5, 5.41) is 7.58. The van der Waals surface area contributed by atoms with Gasteiger partial charge in [-0.05, 0) is 25.9 Å². The van der Waals surface area contributed by atoms with Crippen molar-refractivity contribution < 1.29 is 4.52 Å². The smallest absolute Gasteiger partial charge is 0.232 e. The summed E-state index contributed by atoms with van der Waals surface area (Å²) < 4.78 is 5.36. The summed E-state index contributed by atoms with van der Waals surface area (Å²) in [6, 6.07) is 0.593. The zero-order valence-corrected chi connectivity index (χ0v) is 12.6. The second kappa shape index (κ2) is 6.01. The molecule has 19 heavy (non-hydrogen) atoms. The van der Waals surface area contributed by atoms with Gasteiger partial charge in [0.2, 0.25) is 5.89 Å². The van der Waals surface area contributed by atoms with Crippen molar-refractivity contribution in [2.24, 2.45) is 0 Å². The van der Waals surface area contributed by atoms with Crippen molar-refractivity contribution in [3.05, 3.63) is 11.7 Å². The zero-order valence-electron chi connectivity index (χ0n) is 12.6. The average molecular weight is 266 g/mol. The maximum atomic E-state index is 5.36. The highest BCUT2D eigenvalue weighted by molar-refractivity contribution is 4.98. The highest BCUT2D eigenvalue weighted by Gasteiger charge is 2.24. The lowest BCUT2D eigenvalue weighted by Crippen LogP contribution is -2.45. The molecule has 2 heterocycles. The number of nitrogens with one attached hydrogen (secondary N) is 1. The van der Waals surface area contributed by atoms with Crippen LogP contribution in [0.4, 0.5) is 0 Å². The van der Waals surface area contributed by atoms with Crippen LogP contribution in [0.1, 0.15) is 52.3 Å². The number of aromatic nitrogens is 2. The molecule has 1 atom stereocenters. The summed E-state index contributed by atoms with van der Waals surface area (Å²) in [7, 11) is 0. The first-order chi connectivity index (χ1) is 9.00. The molecule has 1 saturated heterocycles. The highest BCUT2D eigenvalue weighted by atomic mass is 16.5. The van der Waals surface area contributed by atoms with Crippen LogP contribution in [0.3, 0.4) is 0 Å². The van der Waals surface area contributed by atoms with E-state index < -0.39 is 0 Å². The lowest BCUT2D eigenvalue weighted by molar-refractivity contribution is 0.160. The molecule has 1 aliphatic heterocycles. The number of hydrogen-bond acceptors (Lipinski definition) is 5. The fraction of sp³-hybridized carbons (Fsp3) is 0.857. The Bertz CT molecular complexity index is 390. The largest absolute Gasteiger partial charge is 0.339 e. The predicted octanol–water partition coefficient (Wildman–Crippen LogP) is 1.94.